The lowest BCUT2D eigenvalue weighted by Crippen LogP contribution is -2.41. The fourth-order valence-electron chi connectivity index (χ4n) is 2.97. The van der Waals surface area contributed by atoms with Crippen LogP contribution in [0.25, 0.3) is 0 Å². The van der Waals surface area contributed by atoms with Crippen molar-refractivity contribution in [2.24, 2.45) is 0 Å². The molecule has 5 nitrogen and oxygen atoms in total. The third kappa shape index (κ3) is 6.23. The van der Waals surface area contributed by atoms with Crippen molar-refractivity contribution in [1.82, 2.24) is 5.32 Å². The van der Waals surface area contributed by atoms with Crippen LogP contribution in [-0.2, 0) is 21.2 Å². The smallest absolute Gasteiger partial charge is 0.264 e. The maximum absolute atomic E-state index is 13.3. The molecule has 0 heterocycles. The highest BCUT2D eigenvalue weighted by Gasteiger charge is 2.27. The molecule has 162 valence electrons. The van der Waals surface area contributed by atoms with Gasteiger partial charge in [-0.05, 0) is 61.4 Å². The number of hydrogen-bond donors (Lipinski definition) is 1. The number of carbonyl (C=O) groups excluding carboxylic acids is 1. The number of amides is 1. The van der Waals surface area contributed by atoms with Crippen LogP contribution in [0, 0.1) is 6.92 Å². The van der Waals surface area contributed by atoms with Gasteiger partial charge in [0.1, 0.15) is 6.54 Å². The molecule has 0 spiro atoms. The molecule has 0 aliphatic rings. The Morgan fingerprint density at radius 2 is 1.61 bits per heavy atom. The van der Waals surface area contributed by atoms with Gasteiger partial charge in [0.15, 0.2) is 0 Å². The first-order chi connectivity index (χ1) is 14.8. The van der Waals surface area contributed by atoms with Crippen LogP contribution >= 0.6 is 23.2 Å². The zero-order valence-corrected chi connectivity index (χ0v) is 19.2. The average molecular weight is 477 g/mol. The van der Waals surface area contributed by atoms with Crippen LogP contribution in [0.3, 0.4) is 0 Å². The summed E-state index contributed by atoms with van der Waals surface area (Å²) in [4.78, 5) is 12.7. The van der Waals surface area contributed by atoms with Crippen LogP contribution in [0.1, 0.15) is 11.1 Å². The van der Waals surface area contributed by atoms with E-state index in [0.29, 0.717) is 28.7 Å². The number of nitrogens with zero attached hydrogens (tertiary/aromatic N) is 1. The Bertz CT molecular complexity index is 1150. The number of benzene rings is 3. The monoisotopic (exact) mass is 476 g/mol. The van der Waals surface area contributed by atoms with E-state index in [-0.39, 0.29) is 11.4 Å². The van der Waals surface area contributed by atoms with E-state index < -0.39 is 15.9 Å². The Morgan fingerprint density at radius 3 is 2.26 bits per heavy atom. The van der Waals surface area contributed by atoms with E-state index in [2.05, 4.69) is 5.32 Å². The molecule has 3 aromatic carbocycles. The number of rotatable bonds is 8. The van der Waals surface area contributed by atoms with E-state index >= 15 is 0 Å². The maximum Gasteiger partial charge on any atom is 0.264 e. The van der Waals surface area contributed by atoms with Crippen LogP contribution in [-0.4, -0.2) is 27.4 Å². The number of hydrogen-bond acceptors (Lipinski definition) is 3. The predicted molar refractivity (Wildman–Crippen MR) is 125 cm³/mol. The number of anilines is 1. The van der Waals surface area contributed by atoms with Crippen LogP contribution in [0.2, 0.25) is 10.0 Å². The van der Waals surface area contributed by atoms with Crippen LogP contribution in [0.5, 0.6) is 0 Å². The number of aryl methyl sites for hydroxylation is 1. The maximum atomic E-state index is 13.3. The number of carbonyl (C=O) groups is 1. The molecule has 0 radical (unpaired) electrons. The van der Waals surface area contributed by atoms with E-state index in [1.54, 1.807) is 42.5 Å². The molecule has 0 aromatic heterocycles. The SMILES string of the molecule is Cc1ccc(S(=O)(=O)N(CC(=O)NCCc2ccc(Cl)cc2)c2cccc(Cl)c2)cc1. The molecule has 0 atom stereocenters. The molecule has 0 fully saturated rings. The van der Waals surface area contributed by atoms with E-state index in [0.717, 1.165) is 15.4 Å². The summed E-state index contributed by atoms with van der Waals surface area (Å²) < 4.78 is 27.7. The Kier molecular flexibility index (Phi) is 7.59. The molecule has 8 heteroatoms. The Hall–Kier alpha value is -2.54. The van der Waals surface area contributed by atoms with Gasteiger partial charge >= 0.3 is 0 Å². The molecule has 3 rings (SSSR count). The highest BCUT2D eigenvalue weighted by Crippen LogP contribution is 2.26. The second-order valence-electron chi connectivity index (χ2n) is 7.03. The third-order valence-corrected chi connectivity index (χ3v) is 6.92. The lowest BCUT2D eigenvalue weighted by molar-refractivity contribution is -0.119. The predicted octanol–water partition coefficient (Wildman–Crippen LogP) is 4.86. The molecule has 3 aromatic rings. The van der Waals surface area contributed by atoms with Gasteiger partial charge in [0.05, 0.1) is 10.6 Å². The van der Waals surface area contributed by atoms with Gasteiger partial charge < -0.3 is 5.32 Å². The lowest BCUT2D eigenvalue weighted by atomic mass is 10.1. The Labute approximate surface area is 192 Å². The van der Waals surface area contributed by atoms with Crippen LogP contribution in [0.4, 0.5) is 5.69 Å². The standard InChI is InChI=1S/C23H22Cl2N2O3S/c1-17-5-11-22(12-6-17)31(29,30)27(21-4-2-3-20(25)15-21)16-23(28)26-14-13-18-7-9-19(24)10-8-18/h2-12,15H,13-14,16H2,1H3,(H,26,28). The van der Waals surface area contributed by atoms with Crippen molar-refractivity contribution in [2.75, 3.05) is 17.4 Å². The van der Waals surface area contributed by atoms with Gasteiger partial charge in [0.2, 0.25) is 5.91 Å². The molecular formula is C23H22Cl2N2O3S. The largest absolute Gasteiger partial charge is 0.354 e. The highest BCUT2D eigenvalue weighted by atomic mass is 35.5. The number of halogens is 2. The molecule has 1 N–H and O–H groups in total. The summed E-state index contributed by atoms with van der Waals surface area (Å²) in [6, 6.07) is 20.3. The van der Waals surface area contributed by atoms with Gasteiger partial charge in [-0.25, -0.2) is 8.42 Å². The van der Waals surface area contributed by atoms with Crippen LogP contribution in [0.15, 0.2) is 77.7 Å². The van der Waals surface area contributed by atoms with Crippen molar-refractivity contribution in [3.05, 3.63) is 94.0 Å². The topological polar surface area (TPSA) is 66.5 Å². The van der Waals surface area contributed by atoms with Crippen molar-refractivity contribution in [3.8, 4) is 0 Å². The molecule has 0 saturated carbocycles. The van der Waals surface area contributed by atoms with Crippen LogP contribution < -0.4 is 9.62 Å². The normalized spacial score (nSPS) is 11.2. The molecule has 0 saturated heterocycles. The fraction of sp³-hybridized carbons (Fsp3) is 0.174. The summed E-state index contributed by atoms with van der Waals surface area (Å²) in [6.07, 6.45) is 0.602. The van der Waals surface area contributed by atoms with Gasteiger partial charge in [-0.15, -0.1) is 0 Å². The molecular weight excluding hydrogens is 455 g/mol. The quantitative estimate of drug-likeness (QED) is 0.504. The first-order valence-corrected chi connectivity index (χ1v) is 11.8. The van der Waals surface area contributed by atoms with Crippen molar-refractivity contribution < 1.29 is 13.2 Å². The number of sulfonamides is 1. The molecule has 0 unspecified atom stereocenters. The molecule has 0 bridgehead atoms. The third-order valence-electron chi connectivity index (χ3n) is 4.64. The summed E-state index contributed by atoms with van der Waals surface area (Å²) in [6.45, 7) is 1.88. The molecule has 31 heavy (non-hydrogen) atoms. The summed E-state index contributed by atoms with van der Waals surface area (Å²) in [5.41, 5.74) is 2.28. The first kappa shape index (κ1) is 23.1. The van der Waals surface area contributed by atoms with Gasteiger partial charge in [-0.2, -0.15) is 0 Å². The van der Waals surface area contributed by atoms with Crippen molar-refractivity contribution >= 4 is 44.8 Å². The minimum absolute atomic E-state index is 0.104. The van der Waals surface area contributed by atoms with E-state index in [1.807, 2.05) is 19.1 Å². The molecule has 0 aliphatic heterocycles. The van der Waals surface area contributed by atoms with Crippen molar-refractivity contribution in [3.63, 3.8) is 0 Å². The summed E-state index contributed by atoms with van der Waals surface area (Å²) in [7, 11) is -3.97. The summed E-state index contributed by atoms with van der Waals surface area (Å²) in [5, 5.41) is 3.81. The Balaban J connectivity index is 1.77. The van der Waals surface area contributed by atoms with Crippen molar-refractivity contribution in [1.29, 1.82) is 0 Å². The minimum atomic E-state index is -3.97. The van der Waals surface area contributed by atoms with Gasteiger partial charge in [0.25, 0.3) is 10.0 Å². The molecule has 1 amide bonds. The fourth-order valence-corrected chi connectivity index (χ4v) is 4.69. The summed E-state index contributed by atoms with van der Waals surface area (Å²) >= 11 is 12.0. The lowest BCUT2D eigenvalue weighted by Gasteiger charge is -2.24. The van der Waals surface area contributed by atoms with Gasteiger partial charge in [0, 0.05) is 16.6 Å². The van der Waals surface area contributed by atoms with E-state index in [9.17, 15) is 13.2 Å². The summed E-state index contributed by atoms with van der Waals surface area (Å²) in [5.74, 6) is -0.412. The first-order valence-electron chi connectivity index (χ1n) is 9.62. The van der Waals surface area contributed by atoms with Crippen molar-refractivity contribution in [2.45, 2.75) is 18.2 Å². The Morgan fingerprint density at radius 1 is 0.935 bits per heavy atom. The average Bonchev–Trinajstić information content (AvgIpc) is 2.73. The van der Waals surface area contributed by atoms with E-state index in [1.165, 1.54) is 18.2 Å². The highest BCUT2D eigenvalue weighted by molar-refractivity contribution is 7.92. The van der Waals surface area contributed by atoms with E-state index in [4.69, 9.17) is 23.2 Å². The van der Waals surface area contributed by atoms with Gasteiger partial charge in [-0.3, -0.25) is 9.10 Å². The number of nitrogens with one attached hydrogen (secondary N) is 1. The zero-order chi connectivity index (χ0) is 22.4. The second-order valence-corrected chi connectivity index (χ2v) is 9.77. The second kappa shape index (κ2) is 10.2. The van der Waals surface area contributed by atoms with Gasteiger partial charge in [-0.1, -0.05) is 59.1 Å². The minimum Gasteiger partial charge on any atom is -0.354 e. The zero-order valence-electron chi connectivity index (χ0n) is 16.9. The molecule has 0 aliphatic carbocycles.